The molecule has 0 unspecified atom stereocenters. The molecule has 90 valence electrons. The van der Waals surface area contributed by atoms with Crippen molar-refractivity contribution in [2.45, 2.75) is 6.04 Å². The van der Waals surface area contributed by atoms with E-state index in [1.165, 1.54) is 7.11 Å². The van der Waals surface area contributed by atoms with E-state index in [-0.39, 0.29) is 24.6 Å². The molecule has 2 rings (SSSR count). The Morgan fingerprint density at radius 1 is 1.44 bits per heavy atom. The van der Waals surface area contributed by atoms with Gasteiger partial charge in [-0.3, -0.25) is 4.79 Å². The monoisotopic (exact) mass is 227 g/mol. The highest BCUT2D eigenvalue weighted by atomic mass is 16.5. The number of nitrogens with zero attached hydrogens (tertiary/aromatic N) is 3. The van der Waals surface area contributed by atoms with Gasteiger partial charge in [0.05, 0.1) is 6.04 Å². The lowest BCUT2D eigenvalue weighted by Gasteiger charge is -2.36. The van der Waals surface area contributed by atoms with Gasteiger partial charge in [-0.25, -0.2) is 4.79 Å². The second kappa shape index (κ2) is 4.29. The Balaban J connectivity index is 1.96. The quantitative estimate of drug-likeness (QED) is 0.621. The van der Waals surface area contributed by atoms with Crippen molar-refractivity contribution >= 4 is 11.9 Å². The molecule has 6 heteroatoms. The summed E-state index contributed by atoms with van der Waals surface area (Å²) < 4.78 is 4.83. The van der Waals surface area contributed by atoms with Crippen LogP contribution in [0.25, 0.3) is 0 Å². The van der Waals surface area contributed by atoms with Crippen LogP contribution in [-0.4, -0.2) is 79.6 Å². The van der Waals surface area contributed by atoms with E-state index < -0.39 is 0 Å². The van der Waals surface area contributed by atoms with E-state index in [1.54, 1.807) is 16.8 Å². The van der Waals surface area contributed by atoms with Gasteiger partial charge in [0.2, 0.25) is 5.91 Å². The standard InChI is InChI=1S/C10H17N3O3/c1-11-5-8-6-12(9(14)7-16-2)3-4-13(8)10(11)15/h8H,3-7H2,1-2H3/t8-/m0/s1. The molecule has 2 heterocycles. The molecule has 16 heavy (non-hydrogen) atoms. The predicted octanol–water partition coefficient (Wildman–Crippen LogP) is -0.789. The summed E-state index contributed by atoms with van der Waals surface area (Å²) in [5.41, 5.74) is 0. The highest BCUT2D eigenvalue weighted by molar-refractivity contribution is 5.80. The van der Waals surface area contributed by atoms with Gasteiger partial charge in [0.25, 0.3) is 0 Å². The first-order valence-corrected chi connectivity index (χ1v) is 5.42. The summed E-state index contributed by atoms with van der Waals surface area (Å²) >= 11 is 0. The summed E-state index contributed by atoms with van der Waals surface area (Å²) in [6, 6.07) is 0.218. The largest absolute Gasteiger partial charge is 0.375 e. The average Bonchev–Trinajstić information content (AvgIpc) is 2.55. The Kier molecular flexibility index (Phi) is 3.00. The minimum atomic E-state index is 0.00384. The maximum atomic E-state index is 11.7. The summed E-state index contributed by atoms with van der Waals surface area (Å²) in [6.45, 7) is 2.69. The molecule has 0 radical (unpaired) electrons. The molecule has 2 saturated heterocycles. The molecule has 1 atom stereocenters. The summed E-state index contributed by atoms with van der Waals surface area (Å²) in [5, 5.41) is 0. The predicted molar refractivity (Wildman–Crippen MR) is 57.0 cm³/mol. The van der Waals surface area contributed by atoms with Crippen molar-refractivity contribution in [3.05, 3.63) is 0 Å². The van der Waals surface area contributed by atoms with Gasteiger partial charge < -0.3 is 19.4 Å². The van der Waals surface area contributed by atoms with Crippen LogP contribution in [0.1, 0.15) is 0 Å². The zero-order chi connectivity index (χ0) is 11.7. The van der Waals surface area contributed by atoms with Gasteiger partial charge in [-0.15, -0.1) is 0 Å². The topological polar surface area (TPSA) is 53.1 Å². The third-order valence-electron chi connectivity index (χ3n) is 3.16. The highest BCUT2D eigenvalue weighted by Gasteiger charge is 2.39. The minimum Gasteiger partial charge on any atom is -0.375 e. The first-order chi connectivity index (χ1) is 7.63. The molecule has 0 aromatic rings. The van der Waals surface area contributed by atoms with E-state index in [4.69, 9.17) is 4.74 Å². The normalized spacial score (nSPS) is 25.0. The smallest absolute Gasteiger partial charge is 0.320 e. The van der Waals surface area contributed by atoms with E-state index >= 15 is 0 Å². The van der Waals surface area contributed by atoms with Crippen molar-refractivity contribution in [1.29, 1.82) is 0 Å². The third-order valence-corrected chi connectivity index (χ3v) is 3.16. The molecule has 0 aromatic heterocycles. The number of ether oxygens (including phenoxy) is 1. The average molecular weight is 227 g/mol. The lowest BCUT2D eigenvalue weighted by molar-refractivity contribution is -0.137. The van der Waals surface area contributed by atoms with Gasteiger partial charge >= 0.3 is 6.03 Å². The van der Waals surface area contributed by atoms with Crippen molar-refractivity contribution in [2.24, 2.45) is 0 Å². The van der Waals surface area contributed by atoms with Crippen molar-refractivity contribution in [2.75, 3.05) is 46.9 Å². The number of hydrogen-bond acceptors (Lipinski definition) is 3. The first-order valence-electron chi connectivity index (χ1n) is 5.42. The number of fused-ring (bicyclic) bond motifs is 1. The molecule has 0 saturated carbocycles. The van der Waals surface area contributed by atoms with Crippen molar-refractivity contribution in [3.8, 4) is 0 Å². The van der Waals surface area contributed by atoms with Crippen LogP contribution in [-0.2, 0) is 9.53 Å². The zero-order valence-electron chi connectivity index (χ0n) is 9.68. The van der Waals surface area contributed by atoms with Crippen molar-refractivity contribution < 1.29 is 14.3 Å². The molecule has 0 spiro atoms. The van der Waals surface area contributed by atoms with Crippen LogP contribution in [0.4, 0.5) is 4.79 Å². The number of carbonyl (C=O) groups excluding carboxylic acids is 2. The maximum Gasteiger partial charge on any atom is 0.320 e. The fourth-order valence-corrected chi connectivity index (χ4v) is 2.32. The molecule has 2 aliphatic heterocycles. The van der Waals surface area contributed by atoms with E-state index in [2.05, 4.69) is 0 Å². The first kappa shape index (κ1) is 11.2. The second-order valence-corrected chi connectivity index (χ2v) is 4.28. The number of urea groups is 1. The highest BCUT2D eigenvalue weighted by Crippen LogP contribution is 2.19. The number of rotatable bonds is 2. The Hall–Kier alpha value is -1.30. The van der Waals surface area contributed by atoms with Gasteiger partial charge in [-0.05, 0) is 0 Å². The van der Waals surface area contributed by atoms with Gasteiger partial charge in [0.15, 0.2) is 0 Å². The van der Waals surface area contributed by atoms with Crippen LogP contribution in [0.3, 0.4) is 0 Å². The zero-order valence-corrected chi connectivity index (χ0v) is 9.68. The second-order valence-electron chi connectivity index (χ2n) is 4.28. The lowest BCUT2D eigenvalue weighted by atomic mass is 10.2. The van der Waals surface area contributed by atoms with Crippen LogP contribution >= 0.6 is 0 Å². The number of methoxy groups -OCH3 is 1. The molecule has 2 fully saturated rings. The third kappa shape index (κ3) is 1.84. The van der Waals surface area contributed by atoms with Crippen LogP contribution in [0, 0.1) is 0 Å². The van der Waals surface area contributed by atoms with E-state index in [1.807, 2.05) is 4.90 Å². The molecular formula is C10H17N3O3. The summed E-state index contributed by atoms with van der Waals surface area (Å²) in [4.78, 5) is 28.6. The number of hydrogen-bond donors (Lipinski definition) is 0. The van der Waals surface area contributed by atoms with Crippen LogP contribution in [0.2, 0.25) is 0 Å². The van der Waals surface area contributed by atoms with E-state index in [9.17, 15) is 9.59 Å². The van der Waals surface area contributed by atoms with Gasteiger partial charge in [-0.1, -0.05) is 0 Å². The number of carbonyl (C=O) groups is 2. The summed E-state index contributed by atoms with van der Waals surface area (Å²) in [7, 11) is 3.31. The van der Waals surface area contributed by atoms with Crippen molar-refractivity contribution in [1.82, 2.24) is 14.7 Å². The van der Waals surface area contributed by atoms with Gasteiger partial charge in [0.1, 0.15) is 6.61 Å². The lowest BCUT2D eigenvalue weighted by Crippen LogP contribution is -2.54. The Labute approximate surface area is 94.7 Å². The van der Waals surface area contributed by atoms with Gasteiger partial charge in [-0.2, -0.15) is 0 Å². The van der Waals surface area contributed by atoms with Gasteiger partial charge in [0, 0.05) is 40.3 Å². The molecule has 6 nitrogen and oxygen atoms in total. The number of likely N-dealkylation sites (N-methyl/N-ethyl adjacent to an activating group) is 1. The van der Waals surface area contributed by atoms with Crippen LogP contribution < -0.4 is 0 Å². The molecule has 3 amide bonds. The number of amides is 3. The summed E-state index contributed by atoms with van der Waals surface area (Å²) in [5.74, 6) is 0.00384. The Morgan fingerprint density at radius 2 is 2.19 bits per heavy atom. The SMILES string of the molecule is COCC(=O)N1CCN2C(=O)N(C)C[C@H]2C1. The molecular weight excluding hydrogens is 210 g/mol. The summed E-state index contributed by atoms with van der Waals surface area (Å²) in [6.07, 6.45) is 0. The molecule has 0 aliphatic carbocycles. The van der Waals surface area contributed by atoms with E-state index in [0.29, 0.717) is 26.2 Å². The van der Waals surface area contributed by atoms with E-state index in [0.717, 1.165) is 0 Å². The minimum absolute atomic E-state index is 0.00384. The molecule has 0 aromatic carbocycles. The van der Waals surface area contributed by atoms with Crippen LogP contribution in [0.15, 0.2) is 0 Å². The number of piperazine rings is 1. The van der Waals surface area contributed by atoms with Crippen molar-refractivity contribution in [3.63, 3.8) is 0 Å². The maximum absolute atomic E-state index is 11.7. The molecule has 0 N–H and O–H groups in total. The fourth-order valence-electron chi connectivity index (χ4n) is 2.32. The molecule has 2 aliphatic rings. The van der Waals surface area contributed by atoms with Crippen LogP contribution in [0.5, 0.6) is 0 Å². The fraction of sp³-hybridized carbons (Fsp3) is 0.800. The molecule has 0 bridgehead atoms. The Bertz CT molecular complexity index is 308. The Morgan fingerprint density at radius 3 is 2.88 bits per heavy atom.